The van der Waals surface area contributed by atoms with E-state index in [-0.39, 0.29) is 18.8 Å². The number of rotatable bonds is 3. The molecule has 1 heterocycles. The first-order valence-electron chi connectivity index (χ1n) is 5.90. The van der Waals surface area contributed by atoms with Gasteiger partial charge >= 0.3 is 0 Å². The number of hydrogen-bond donors (Lipinski definition) is 1. The van der Waals surface area contributed by atoms with Crippen molar-refractivity contribution in [1.82, 2.24) is 0 Å². The largest absolute Gasteiger partial charge is 0.394 e. The minimum Gasteiger partial charge on any atom is -0.394 e. The molecule has 0 amide bonds. The van der Waals surface area contributed by atoms with Gasteiger partial charge in [-0.3, -0.25) is 4.79 Å². The summed E-state index contributed by atoms with van der Waals surface area (Å²) in [4.78, 5) is 13.2. The number of aliphatic hydroxyl groups is 1. The Hall–Kier alpha value is -1.10. The van der Waals surface area contributed by atoms with E-state index in [0.29, 0.717) is 23.7 Å². The number of hydrogen-bond acceptors (Lipinski definition) is 4. The number of aliphatic hydroxyl groups excluding tert-OH is 1. The summed E-state index contributed by atoms with van der Waals surface area (Å²) in [5.41, 5.74) is 1.29. The molecule has 1 saturated heterocycles. The summed E-state index contributed by atoms with van der Waals surface area (Å²) in [5.74, 6) is 0. The predicted octanol–water partition coefficient (Wildman–Crippen LogP) is 1.74. The molecular formula is C13H16ClNO3. The van der Waals surface area contributed by atoms with Gasteiger partial charge in [0.15, 0.2) is 6.29 Å². The average Bonchev–Trinajstić information content (AvgIpc) is 2.37. The van der Waals surface area contributed by atoms with Crippen molar-refractivity contribution in [1.29, 1.82) is 0 Å². The lowest BCUT2D eigenvalue weighted by Crippen LogP contribution is -2.48. The molecule has 1 aliphatic heterocycles. The quantitative estimate of drug-likeness (QED) is 0.850. The fourth-order valence-corrected chi connectivity index (χ4v) is 2.47. The molecule has 4 nitrogen and oxygen atoms in total. The van der Waals surface area contributed by atoms with Gasteiger partial charge in [0.2, 0.25) is 0 Å². The monoisotopic (exact) mass is 269 g/mol. The molecule has 0 saturated carbocycles. The maximum Gasteiger partial charge on any atom is 0.153 e. The minimum atomic E-state index is -0.229. The van der Waals surface area contributed by atoms with E-state index in [4.69, 9.17) is 16.3 Å². The van der Waals surface area contributed by atoms with Gasteiger partial charge in [0.05, 0.1) is 29.4 Å². The van der Waals surface area contributed by atoms with Crippen LogP contribution in [-0.4, -0.2) is 43.3 Å². The third-order valence-electron chi connectivity index (χ3n) is 3.02. The molecule has 1 aromatic carbocycles. The third-order valence-corrected chi connectivity index (χ3v) is 3.35. The molecular weight excluding hydrogens is 254 g/mol. The van der Waals surface area contributed by atoms with E-state index >= 15 is 0 Å². The van der Waals surface area contributed by atoms with Crippen molar-refractivity contribution >= 4 is 23.6 Å². The van der Waals surface area contributed by atoms with Crippen LogP contribution in [0.1, 0.15) is 17.3 Å². The van der Waals surface area contributed by atoms with Crippen molar-refractivity contribution in [2.24, 2.45) is 0 Å². The first-order chi connectivity index (χ1) is 8.65. The second-order valence-electron chi connectivity index (χ2n) is 4.45. The molecule has 0 radical (unpaired) electrons. The molecule has 1 aliphatic rings. The lowest BCUT2D eigenvalue weighted by Gasteiger charge is -2.38. The summed E-state index contributed by atoms with van der Waals surface area (Å²) in [6.07, 6.45) is 0.549. The van der Waals surface area contributed by atoms with Crippen LogP contribution in [0.4, 0.5) is 5.69 Å². The number of morpholine rings is 1. The van der Waals surface area contributed by atoms with Gasteiger partial charge in [-0.1, -0.05) is 17.7 Å². The normalized spacial score (nSPS) is 24.1. The van der Waals surface area contributed by atoms with Crippen molar-refractivity contribution in [3.8, 4) is 0 Å². The summed E-state index contributed by atoms with van der Waals surface area (Å²) in [5, 5.41) is 9.65. The molecule has 0 spiro atoms. The summed E-state index contributed by atoms with van der Waals surface area (Å²) < 4.78 is 5.58. The van der Waals surface area contributed by atoms with Crippen LogP contribution in [0.3, 0.4) is 0 Å². The van der Waals surface area contributed by atoms with E-state index in [2.05, 4.69) is 0 Å². The summed E-state index contributed by atoms with van der Waals surface area (Å²) in [6, 6.07) is 5.38. The molecule has 98 valence electrons. The van der Waals surface area contributed by atoms with Crippen molar-refractivity contribution in [3.05, 3.63) is 28.8 Å². The van der Waals surface area contributed by atoms with Gasteiger partial charge in [0.1, 0.15) is 0 Å². The molecule has 0 bridgehead atoms. The SMILES string of the molecule is CC1CN(c2cccc(Cl)c2C=O)CC(CO)O1. The maximum atomic E-state index is 11.1. The van der Waals surface area contributed by atoms with Gasteiger partial charge < -0.3 is 14.7 Å². The Morgan fingerprint density at radius 1 is 1.56 bits per heavy atom. The number of ether oxygens (including phenoxy) is 1. The molecule has 18 heavy (non-hydrogen) atoms. The molecule has 1 fully saturated rings. The van der Waals surface area contributed by atoms with E-state index in [1.165, 1.54) is 0 Å². The number of aldehydes is 1. The topological polar surface area (TPSA) is 49.8 Å². The summed E-state index contributed by atoms with van der Waals surface area (Å²) in [6.45, 7) is 3.15. The smallest absolute Gasteiger partial charge is 0.153 e. The number of halogens is 1. The standard InChI is InChI=1S/C13H16ClNO3/c1-9-5-15(6-10(7-16)18-9)13-4-2-3-12(14)11(13)8-17/h2-4,8-10,16H,5-7H2,1H3. The van der Waals surface area contributed by atoms with Crippen LogP contribution in [-0.2, 0) is 4.74 Å². The Morgan fingerprint density at radius 2 is 2.33 bits per heavy atom. The first kappa shape index (κ1) is 13.3. The molecule has 0 aromatic heterocycles. The minimum absolute atomic E-state index is 0.00869. The van der Waals surface area contributed by atoms with Gasteiger partial charge in [0.25, 0.3) is 0 Å². The molecule has 1 N–H and O–H groups in total. The maximum absolute atomic E-state index is 11.1. The molecule has 2 unspecified atom stereocenters. The van der Waals surface area contributed by atoms with Crippen molar-refractivity contribution in [3.63, 3.8) is 0 Å². The highest BCUT2D eigenvalue weighted by Crippen LogP contribution is 2.28. The van der Waals surface area contributed by atoms with E-state index in [0.717, 1.165) is 12.0 Å². The number of carbonyl (C=O) groups is 1. The molecule has 0 aliphatic carbocycles. The Labute approximate surface area is 111 Å². The number of nitrogens with zero attached hydrogens (tertiary/aromatic N) is 1. The Bertz CT molecular complexity index is 438. The van der Waals surface area contributed by atoms with E-state index in [1.807, 2.05) is 24.0 Å². The van der Waals surface area contributed by atoms with Crippen LogP contribution in [0.15, 0.2) is 18.2 Å². The van der Waals surface area contributed by atoms with Crippen molar-refractivity contribution < 1.29 is 14.6 Å². The van der Waals surface area contributed by atoms with Crippen LogP contribution in [0, 0.1) is 0 Å². The second-order valence-corrected chi connectivity index (χ2v) is 4.85. The second kappa shape index (κ2) is 5.69. The van der Waals surface area contributed by atoms with E-state index in [9.17, 15) is 9.90 Å². The van der Waals surface area contributed by atoms with Crippen LogP contribution in [0.5, 0.6) is 0 Å². The lowest BCUT2D eigenvalue weighted by atomic mass is 10.1. The fraction of sp³-hybridized carbons (Fsp3) is 0.462. The first-order valence-corrected chi connectivity index (χ1v) is 6.28. The predicted molar refractivity (Wildman–Crippen MR) is 70.5 cm³/mol. The summed E-state index contributed by atoms with van der Waals surface area (Å²) in [7, 11) is 0. The van der Waals surface area contributed by atoms with Gasteiger partial charge in [-0.15, -0.1) is 0 Å². The highest BCUT2D eigenvalue weighted by molar-refractivity contribution is 6.33. The van der Waals surface area contributed by atoms with Gasteiger partial charge in [0, 0.05) is 18.8 Å². The van der Waals surface area contributed by atoms with E-state index in [1.54, 1.807) is 6.07 Å². The lowest BCUT2D eigenvalue weighted by molar-refractivity contribution is -0.0421. The van der Waals surface area contributed by atoms with Crippen molar-refractivity contribution in [2.75, 3.05) is 24.6 Å². The number of carbonyl (C=O) groups excluding carboxylic acids is 1. The molecule has 5 heteroatoms. The zero-order valence-electron chi connectivity index (χ0n) is 10.2. The highest BCUT2D eigenvalue weighted by atomic mass is 35.5. The van der Waals surface area contributed by atoms with E-state index < -0.39 is 0 Å². The number of anilines is 1. The van der Waals surface area contributed by atoms with Crippen LogP contribution in [0.25, 0.3) is 0 Å². The van der Waals surface area contributed by atoms with Crippen LogP contribution in [0.2, 0.25) is 5.02 Å². The Kier molecular flexibility index (Phi) is 4.22. The third kappa shape index (κ3) is 2.66. The van der Waals surface area contributed by atoms with Crippen LogP contribution < -0.4 is 4.90 Å². The van der Waals surface area contributed by atoms with Crippen LogP contribution >= 0.6 is 11.6 Å². The van der Waals surface area contributed by atoms with Gasteiger partial charge in [-0.25, -0.2) is 0 Å². The van der Waals surface area contributed by atoms with Crippen molar-refractivity contribution in [2.45, 2.75) is 19.1 Å². The summed E-state index contributed by atoms with van der Waals surface area (Å²) >= 11 is 6.02. The Morgan fingerprint density at radius 3 is 3.00 bits per heavy atom. The van der Waals surface area contributed by atoms with Gasteiger partial charge in [-0.2, -0.15) is 0 Å². The molecule has 2 atom stereocenters. The zero-order valence-corrected chi connectivity index (χ0v) is 10.9. The molecule has 1 aromatic rings. The number of benzene rings is 1. The zero-order chi connectivity index (χ0) is 13.1. The highest BCUT2D eigenvalue weighted by Gasteiger charge is 2.26. The molecule has 2 rings (SSSR count). The Balaban J connectivity index is 2.30. The van der Waals surface area contributed by atoms with Gasteiger partial charge in [-0.05, 0) is 19.1 Å². The average molecular weight is 270 g/mol. The fourth-order valence-electron chi connectivity index (χ4n) is 2.26.